The number of para-hydroxylation sites is 2. The molecule has 12 rings (SSSR count). The molecule has 0 aliphatic heterocycles. The van der Waals surface area contributed by atoms with Crippen molar-refractivity contribution in [2.75, 3.05) is 4.90 Å². The minimum Gasteiger partial charge on any atom is -0.335 e. The molecule has 0 radical (unpaired) electrons. The second-order valence-corrected chi connectivity index (χ2v) is 17.8. The number of hydrogen-bond acceptors (Lipinski definition) is 1. The van der Waals surface area contributed by atoms with Crippen LogP contribution in [0.4, 0.5) is 5.69 Å². The summed E-state index contributed by atoms with van der Waals surface area (Å²) in [4.78, 5) is 2.07. The molecular formula is C63H52N2. The highest BCUT2D eigenvalue weighted by molar-refractivity contribution is 6.09. The smallest absolute Gasteiger partial charge is 0.0592 e. The Hall–Kier alpha value is -7.42. The van der Waals surface area contributed by atoms with Gasteiger partial charge in [0.05, 0.1) is 26.6 Å². The first-order valence-corrected chi connectivity index (χ1v) is 23.1. The number of anilines is 1. The number of hydrogen-bond donors (Lipinski definition) is 0. The van der Waals surface area contributed by atoms with E-state index in [0.717, 1.165) is 71.5 Å². The largest absolute Gasteiger partial charge is 0.335 e. The highest BCUT2D eigenvalue weighted by atomic mass is 15.2. The lowest BCUT2D eigenvalue weighted by molar-refractivity contribution is 0.452. The van der Waals surface area contributed by atoms with Crippen molar-refractivity contribution in [3.05, 3.63) is 269 Å². The van der Waals surface area contributed by atoms with Crippen molar-refractivity contribution in [1.82, 2.24) is 4.57 Å². The maximum absolute atomic E-state index is 10.2. The summed E-state index contributed by atoms with van der Waals surface area (Å²) in [7, 11) is 0. The van der Waals surface area contributed by atoms with Gasteiger partial charge >= 0.3 is 0 Å². The van der Waals surface area contributed by atoms with Crippen molar-refractivity contribution in [2.45, 2.75) is 49.5 Å². The van der Waals surface area contributed by atoms with Crippen LogP contribution in [-0.4, -0.2) is 10.6 Å². The van der Waals surface area contributed by atoms with Crippen molar-refractivity contribution >= 4 is 45.7 Å². The monoisotopic (exact) mass is 840 g/mol. The van der Waals surface area contributed by atoms with E-state index >= 15 is 0 Å². The molecule has 0 bridgehead atoms. The van der Waals surface area contributed by atoms with Crippen molar-refractivity contribution in [2.24, 2.45) is 5.92 Å². The van der Waals surface area contributed by atoms with Crippen LogP contribution in [0, 0.1) is 5.92 Å². The molecule has 4 atom stereocenters. The van der Waals surface area contributed by atoms with Gasteiger partial charge in [-0.1, -0.05) is 176 Å². The van der Waals surface area contributed by atoms with Gasteiger partial charge in [-0.2, -0.15) is 0 Å². The van der Waals surface area contributed by atoms with E-state index in [9.17, 15) is 4.11 Å². The third-order valence-corrected chi connectivity index (χ3v) is 14.5. The normalized spacial score (nSPS) is 20.1. The van der Waals surface area contributed by atoms with E-state index in [1.54, 1.807) is 0 Å². The fraction of sp³-hybridized carbons (Fsp3) is 0.143. The maximum Gasteiger partial charge on any atom is 0.0592 e. The van der Waals surface area contributed by atoms with Crippen LogP contribution in [0.15, 0.2) is 219 Å². The van der Waals surface area contributed by atoms with E-state index in [-0.39, 0.29) is 23.9 Å². The van der Waals surface area contributed by atoms with Crippen LogP contribution in [0.5, 0.6) is 0 Å². The second-order valence-electron chi connectivity index (χ2n) is 17.8. The Labute approximate surface area is 388 Å². The average Bonchev–Trinajstić information content (AvgIpc) is 3.91. The second kappa shape index (κ2) is 16.3. The van der Waals surface area contributed by atoms with Crippen LogP contribution in [0.1, 0.15) is 80.7 Å². The molecule has 4 unspecified atom stereocenters. The van der Waals surface area contributed by atoms with Gasteiger partial charge in [-0.15, -0.1) is 6.55 Å². The zero-order valence-corrected chi connectivity index (χ0v) is 36.3. The zero-order chi connectivity index (χ0) is 46.6. The standard InChI is InChI=1S/C63H52N2/c1-2-48(26-19-21-45-42-44-20-9-10-27-52(44)54-29-12-11-28-53(45)54)64(49-36-38-50(39-37-49)65-61-34-17-14-31-57(61)58-32-15-18-35-62(58)65)51-40-41-56-55-30-13-16-33-59(55)63(60(56)43-51,46-22-5-3-6-23-46)47-24-7-4-8-25-47/h2-9,11,13-25,28,30-43,48,56,60H,1,10,12,26-27,29H2/b21-19+/i1D,2D,19D,26D/b2-1?,21-19+. The van der Waals surface area contributed by atoms with E-state index in [2.05, 4.69) is 216 Å². The predicted molar refractivity (Wildman–Crippen MR) is 275 cm³/mol. The molecule has 2 nitrogen and oxygen atoms in total. The van der Waals surface area contributed by atoms with E-state index in [0.29, 0.717) is 0 Å². The van der Waals surface area contributed by atoms with Gasteiger partial charge in [0.25, 0.3) is 0 Å². The van der Waals surface area contributed by atoms with Crippen LogP contribution in [-0.2, 0) is 18.3 Å². The Morgan fingerprint density at radius 3 is 2.09 bits per heavy atom. The van der Waals surface area contributed by atoms with Crippen LogP contribution in [0.2, 0.25) is 0 Å². The highest BCUT2D eigenvalue weighted by Gasteiger charge is 2.53. The van der Waals surface area contributed by atoms with Crippen LogP contribution < -0.4 is 4.90 Å². The number of nitrogens with zero attached hydrogens (tertiary/aromatic N) is 2. The van der Waals surface area contributed by atoms with E-state index in [4.69, 9.17) is 1.37 Å². The van der Waals surface area contributed by atoms with Gasteiger partial charge in [0.15, 0.2) is 0 Å². The third kappa shape index (κ3) is 6.38. The van der Waals surface area contributed by atoms with Crippen molar-refractivity contribution in [1.29, 1.82) is 0 Å². The molecule has 0 saturated heterocycles. The van der Waals surface area contributed by atoms with Gasteiger partial charge in [0.2, 0.25) is 0 Å². The summed E-state index contributed by atoms with van der Waals surface area (Å²) < 4.78 is 40.5. The van der Waals surface area contributed by atoms with E-state index < -0.39 is 17.9 Å². The molecule has 314 valence electrons. The molecule has 8 aromatic rings. The molecule has 2 heteroatoms. The Kier molecular flexibility index (Phi) is 8.77. The molecule has 0 saturated carbocycles. The molecular weight excluding hydrogens is 785 g/mol. The van der Waals surface area contributed by atoms with Gasteiger partial charge in [-0.3, -0.25) is 0 Å². The summed E-state index contributed by atoms with van der Waals surface area (Å²) >= 11 is 0. The van der Waals surface area contributed by atoms with Crippen molar-refractivity contribution < 1.29 is 5.48 Å². The summed E-state index contributed by atoms with van der Waals surface area (Å²) in [6.45, 7) is 1.06. The molecule has 1 aromatic heterocycles. The van der Waals surface area contributed by atoms with Crippen LogP contribution in [0.3, 0.4) is 0 Å². The Balaban J connectivity index is 1.05. The molecule has 0 N–H and O–H groups in total. The molecule has 4 aliphatic rings. The predicted octanol–water partition coefficient (Wildman–Crippen LogP) is 15.4. The minimum absolute atomic E-state index is 0.0428. The average molecular weight is 841 g/mol. The first kappa shape index (κ1) is 35.0. The minimum atomic E-state index is -1.23. The fourth-order valence-electron chi connectivity index (χ4n) is 11.7. The Morgan fingerprint density at radius 1 is 0.723 bits per heavy atom. The summed E-state index contributed by atoms with van der Waals surface area (Å²) in [5.74, 6) is -0.0489. The molecule has 7 aromatic carbocycles. The SMILES string of the molecule is [2H]C=C([2H])C(C([2H])/C([2H])=C/c1cc2c(c3c1C=CCC3)CCC=C2)N(C1=CC2C(C=C1)c1ccccc1C2(c1ccccc1)c1ccccc1)c1ccc(-n2c3ccccc3c3ccccc32)cc1. The molecule has 65 heavy (non-hydrogen) atoms. The van der Waals surface area contributed by atoms with Crippen molar-refractivity contribution in [3.63, 3.8) is 0 Å². The first-order valence-electron chi connectivity index (χ1n) is 25.3. The Bertz CT molecular complexity index is 3370. The van der Waals surface area contributed by atoms with Gasteiger partial charge in [0.1, 0.15) is 0 Å². The summed E-state index contributed by atoms with van der Waals surface area (Å²) in [6.07, 6.45) is 20.3. The molecule has 0 fully saturated rings. The fourth-order valence-corrected chi connectivity index (χ4v) is 11.7. The lowest BCUT2D eigenvalue weighted by Gasteiger charge is -2.41. The topological polar surface area (TPSA) is 8.17 Å². The number of fused-ring (bicyclic) bond motifs is 9. The number of rotatable bonds is 10. The Morgan fingerprint density at radius 2 is 1.37 bits per heavy atom. The summed E-state index contributed by atoms with van der Waals surface area (Å²) in [6, 6.07) is 57.1. The summed E-state index contributed by atoms with van der Waals surface area (Å²) in [5, 5.41) is 2.36. The van der Waals surface area contributed by atoms with Gasteiger partial charge in [0, 0.05) is 41.1 Å². The van der Waals surface area contributed by atoms with Crippen LogP contribution in [0.25, 0.3) is 45.7 Å². The quantitative estimate of drug-likeness (QED) is 0.125. The summed E-state index contributed by atoms with van der Waals surface area (Å²) in [5.41, 5.74) is 15.2. The third-order valence-electron chi connectivity index (χ3n) is 14.5. The first-order chi connectivity index (χ1) is 33.9. The molecule has 4 aliphatic carbocycles. The molecule has 0 spiro atoms. The number of benzene rings is 7. The maximum atomic E-state index is 10.2. The number of aromatic nitrogens is 1. The van der Waals surface area contributed by atoms with Crippen LogP contribution >= 0.6 is 0 Å². The van der Waals surface area contributed by atoms with E-state index in [1.807, 2.05) is 6.08 Å². The van der Waals surface area contributed by atoms with Crippen molar-refractivity contribution in [3.8, 4) is 5.69 Å². The van der Waals surface area contributed by atoms with E-state index in [1.165, 1.54) is 49.7 Å². The lowest BCUT2D eigenvalue weighted by atomic mass is 9.63. The van der Waals surface area contributed by atoms with Gasteiger partial charge < -0.3 is 9.47 Å². The number of allylic oxidation sites excluding steroid dienone is 5. The molecule has 0 amide bonds. The lowest BCUT2D eigenvalue weighted by Crippen LogP contribution is -2.38. The van der Waals surface area contributed by atoms with Gasteiger partial charge in [-0.25, -0.2) is 0 Å². The zero-order valence-electron chi connectivity index (χ0n) is 40.3. The van der Waals surface area contributed by atoms with Gasteiger partial charge in [-0.05, 0) is 131 Å². The highest BCUT2D eigenvalue weighted by Crippen LogP contribution is 2.60. The molecule has 1 heterocycles.